The predicted octanol–water partition coefficient (Wildman–Crippen LogP) is 2.28. The van der Waals surface area contributed by atoms with Crippen molar-refractivity contribution in [2.45, 2.75) is 53.1 Å². The van der Waals surface area contributed by atoms with Crippen molar-refractivity contribution < 1.29 is 15.0 Å². The molecule has 0 aromatic rings. The molecule has 1 aliphatic rings. The van der Waals surface area contributed by atoms with Crippen LogP contribution in [0.4, 0.5) is 0 Å². The third kappa shape index (κ3) is 3.29. The van der Waals surface area contributed by atoms with Crippen LogP contribution in [-0.4, -0.2) is 22.3 Å². The van der Waals surface area contributed by atoms with Crippen molar-refractivity contribution >= 4 is 5.97 Å². The molecule has 1 saturated carbocycles. The Bertz CT molecular complexity index is 187. The Morgan fingerprint density at radius 2 is 1.79 bits per heavy atom. The summed E-state index contributed by atoms with van der Waals surface area (Å²) < 4.78 is 0. The Labute approximate surface area is 86.1 Å². The number of carboxylic acids is 1. The molecule has 84 valence electrons. The maximum absolute atomic E-state index is 10.8. The molecule has 0 amide bonds. The van der Waals surface area contributed by atoms with E-state index in [1.54, 1.807) is 0 Å². The summed E-state index contributed by atoms with van der Waals surface area (Å²) in [7, 11) is 0. The first kappa shape index (κ1) is 13.4. The van der Waals surface area contributed by atoms with Crippen LogP contribution in [0.15, 0.2) is 0 Å². The van der Waals surface area contributed by atoms with Crippen LogP contribution >= 0.6 is 0 Å². The van der Waals surface area contributed by atoms with Gasteiger partial charge in [0.15, 0.2) is 0 Å². The highest BCUT2D eigenvalue weighted by atomic mass is 16.4. The largest absolute Gasteiger partial charge is 0.481 e. The lowest BCUT2D eigenvalue weighted by molar-refractivity contribution is -0.149. The first-order valence-corrected chi connectivity index (χ1v) is 5.34. The first-order valence-electron chi connectivity index (χ1n) is 5.34. The van der Waals surface area contributed by atoms with E-state index in [-0.39, 0.29) is 17.4 Å². The third-order valence-corrected chi connectivity index (χ3v) is 2.79. The maximum atomic E-state index is 10.8. The van der Waals surface area contributed by atoms with Crippen molar-refractivity contribution in [2.24, 2.45) is 11.3 Å². The Morgan fingerprint density at radius 1 is 1.29 bits per heavy atom. The molecule has 0 spiro atoms. The van der Waals surface area contributed by atoms with Gasteiger partial charge < -0.3 is 10.2 Å². The molecule has 0 aliphatic heterocycles. The van der Waals surface area contributed by atoms with E-state index < -0.39 is 5.97 Å². The average molecular weight is 202 g/mol. The molecule has 0 unspecified atom stereocenters. The van der Waals surface area contributed by atoms with E-state index in [2.05, 4.69) is 0 Å². The monoisotopic (exact) mass is 202 g/mol. The molecule has 0 heterocycles. The van der Waals surface area contributed by atoms with Gasteiger partial charge in [-0.25, -0.2) is 0 Å². The molecule has 1 fully saturated rings. The van der Waals surface area contributed by atoms with Crippen LogP contribution in [0, 0.1) is 11.3 Å². The van der Waals surface area contributed by atoms with Gasteiger partial charge in [-0.15, -0.1) is 0 Å². The lowest BCUT2D eigenvalue weighted by atomic mass is 9.68. The normalized spacial score (nSPS) is 30.1. The number of rotatable bonds is 1. The molecule has 0 aromatic heterocycles. The highest BCUT2D eigenvalue weighted by Gasteiger charge is 2.40. The molecule has 2 N–H and O–H groups in total. The number of hydrogen-bond donors (Lipinski definition) is 2. The fourth-order valence-electron chi connectivity index (χ4n) is 2.06. The second kappa shape index (κ2) is 5.35. The third-order valence-electron chi connectivity index (χ3n) is 2.79. The summed E-state index contributed by atoms with van der Waals surface area (Å²) in [5.41, 5.74) is -0.260. The number of aliphatic hydroxyl groups excluding tert-OH is 1. The quantitative estimate of drug-likeness (QED) is 0.686. The summed E-state index contributed by atoms with van der Waals surface area (Å²) in [5.74, 6) is -1.02. The number of aliphatic hydroxyl groups is 1. The second-order valence-corrected chi connectivity index (χ2v) is 4.31. The van der Waals surface area contributed by atoms with Gasteiger partial charge in [0.2, 0.25) is 0 Å². The molecule has 0 saturated heterocycles. The molecule has 0 bridgehead atoms. The minimum absolute atomic E-state index is 0.260. The Morgan fingerprint density at radius 3 is 2.14 bits per heavy atom. The highest BCUT2D eigenvalue weighted by molar-refractivity contribution is 5.71. The van der Waals surface area contributed by atoms with Crippen molar-refractivity contribution in [3.8, 4) is 0 Å². The highest BCUT2D eigenvalue weighted by Crippen LogP contribution is 2.40. The van der Waals surface area contributed by atoms with Gasteiger partial charge in [-0.2, -0.15) is 0 Å². The fourth-order valence-corrected chi connectivity index (χ4v) is 2.06. The molecular formula is C11H22O3. The smallest absolute Gasteiger partial charge is 0.307 e. The molecule has 14 heavy (non-hydrogen) atoms. The van der Waals surface area contributed by atoms with Gasteiger partial charge in [-0.05, 0) is 24.7 Å². The van der Waals surface area contributed by atoms with E-state index in [4.69, 9.17) is 5.11 Å². The average Bonchev–Trinajstić information content (AvgIpc) is 2.04. The molecule has 3 heteroatoms. The summed E-state index contributed by atoms with van der Waals surface area (Å²) in [6.45, 7) is 7.82. The van der Waals surface area contributed by atoms with Gasteiger partial charge in [0.05, 0.1) is 12.0 Å². The second-order valence-electron chi connectivity index (χ2n) is 4.31. The van der Waals surface area contributed by atoms with Crippen LogP contribution in [0.2, 0.25) is 0 Å². The van der Waals surface area contributed by atoms with Crippen LogP contribution in [0.3, 0.4) is 0 Å². The number of hydrogen-bond acceptors (Lipinski definition) is 2. The topological polar surface area (TPSA) is 57.5 Å². The van der Waals surface area contributed by atoms with E-state index in [9.17, 15) is 9.90 Å². The van der Waals surface area contributed by atoms with Crippen LogP contribution in [0.5, 0.6) is 0 Å². The molecule has 1 aliphatic carbocycles. The van der Waals surface area contributed by atoms with Crippen molar-refractivity contribution in [2.75, 3.05) is 0 Å². The van der Waals surface area contributed by atoms with Crippen LogP contribution in [0.1, 0.15) is 47.0 Å². The molecular weight excluding hydrogens is 180 g/mol. The van der Waals surface area contributed by atoms with Gasteiger partial charge >= 0.3 is 5.97 Å². The zero-order valence-electron chi connectivity index (χ0n) is 9.58. The van der Waals surface area contributed by atoms with Gasteiger partial charge in [0.25, 0.3) is 0 Å². The molecule has 1 rings (SSSR count). The van der Waals surface area contributed by atoms with Crippen LogP contribution < -0.4 is 0 Å². The van der Waals surface area contributed by atoms with Crippen molar-refractivity contribution in [3.05, 3.63) is 0 Å². The van der Waals surface area contributed by atoms with Gasteiger partial charge in [0.1, 0.15) is 0 Å². The van der Waals surface area contributed by atoms with Crippen molar-refractivity contribution in [1.82, 2.24) is 0 Å². The summed E-state index contributed by atoms with van der Waals surface area (Å²) in [6.07, 6.45) is 1.52. The number of carboxylic acid groups (broad SMARTS) is 1. The van der Waals surface area contributed by atoms with E-state index in [0.717, 1.165) is 0 Å². The minimum atomic E-state index is -0.730. The van der Waals surface area contributed by atoms with E-state index >= 15 is 0 Å². The van der Waals surface area contributed by atoms with Crippen molar-refractivity contribution in [3.63, 3.8) is 0 Å². The zero-order chi connectivity index (χ0) is 11.4. The van der Waals surface area contributed by atoms with E-state index in [0.29, 0.717) is 19.3 Å². The molecule has 2 atom stereocenters. The fraction of sp³-hybridized carbons (Fsp3) is 0.909. The standard InChI is InChI=1S/C9H16O3.C2H6/c1-9(2)5-6(10)3-4-7(9)8(11)12;1-2/h6-7,10H,3-5H2,1-2H3,(H,11,12);1-2H3/t6-,7-;/m1./s1. The summed E-state index contributed by atoms with van der Waals surface area (Å²) in [4.78, 5) is 10.8. The predicted molar refractivity (Wildman–Crippen MR) is 56.1 cm³/mol. The van der Waals surface area contributed by atoms with E-state index in [1.165, 1.54) is 0 Å². The van der Waals surface area contributed by atoms with Gasteiger partial charge in [0, 0.05) is 0 Å². The molecule has 0 aromatic carbocycles. The van der Waals surface area contributed by atoms with Crippen LogP contribution in [0.25, 0.3) is 0 Å². The molecule has 3 nitrogen and oxygen atoms in total. The van der Waals surface area contributed by atoms with Gasteiger partial charge in [-0.3, -0.25) is 4.79 Å². The molecule has 0 radical (unpaired) electrons. The Kier molecular flexibility index (Phi) is 5.13. The Balaban J connectivity index is 0.000000791. The zero-order valence-corrected chi connectivity index (χ0v) is 9.58. The van der Waals surface area contributed by atoms with Crippen LogP contribution in [-0.2, 0) is 4.79 Å². The van der Waals surface area contributed by atoms with E-state index in [1.807, 2.05) is 27.7 Å². The lowest BCUT2D eigenvalue weighted by Gasteiger charge is -2.38. The number of carbonyl (C=O) groups is 1. The SMILES string of the molecule is CC.CC1(C)C[C@H](O)CC[C@@H]1C(=O)O. The summed E-state index contributed by atoms with van der Waals surface area (Å²) in [5, 5.41) is 18.2. The minimum Gasteiger partial charge on any atom is -0.481 e. The lowest BCUT2D eigenvalue weighted by Crippen LogP contribution is -2.38. The van der Waals surface area contributed by atoms with Crippen molar-refractivity contribution in [1.29, 1.82) is 0 Å². The summed E-state index contributed by atoms with van der Waals surface area (Å²) >= 11 is 0. The van der Waals surface area contributed by atoms with Gasteiger partial charge in [-0.1, -0.05) is 27.7 Å². The maximum Gasteiger partial charge on any atom is 0.307 e. The summed E-state index contributed by atoms with van der Waals surface area (Å²) in [6, 6.07) is 0. The Hall–Kier alpha value is -0.570. The number of aliphatic carboxylic acids is 1. The first-order chi connectivity index (χ1) is 6.43.